The van der Waals surface area contributed by atoms with Crippen molar-refractivity contribution in [3.63, 3.8) is 0 Å². The van der Waals surface area contributed by atoms with Gasteiger partial charge < -0.3 is 5.32 Å². The van der Waals surface area contributed by atoms with E-state index >= 15 is 0 Å². The second-order valence-electron chi connectivity index (χ2n) is 6.70. The number of fused-ring (bicyclic) bond motifs is 1. The molecule has 2 heteroatoms. The van der Waals surface area contributed by atoms with Crippen LogP contribution in [0.1, 0.15) is 75.6 Å². The average Bonchev–Trinajstić information content (AvgIpc) is 2.77. The molecule has 0 spiro atoms. The molecule has 20 heavy (non-hydrogen) atoms. The lowest BCUT2D eigenvalue weighted by atomic mass is 9.88. The Morgan fingerprint density at radius 3 is 2.70 bits per heavy atom. The van der Waals surface area contributed by atoms with Crippen LogP contribution in [0.25, 0.3) is 0 Å². The van der Waals surface area contributed by atoms with E-state index in [1.807, 2.05) is 6.20 Å². The molecule has 3 rings (SSSR count). The minimum atomic E-state index is 0.484. The van der Waals surface area contributed by atoms with E-state index in [0.29, 0.717) is 12.1 Å². The molecule has 2 aliphatic rings. The summed E-state index contributed by atoms with van der Waals surface area (Å²) >= 11 is 0. The number of pyridine rings is 1. The first-order valence-electron chi connectivity index (χ1n) is 8.54. The molecule has 2 aliphatic carbocycles. The molecule has 1 saturated carbocycles. The van der Waals surface area contributed by atoms with Crippen molar-refractivity contribution in [2.24, 2.45) is 5.92 Å². The Morgan fingerprint density at radius 2 is 1.90 bits per heavy atom. The van der Waals surface area contributed by atoms with E-state index in [-0.39, 0.29) is 0 Å². The van der Waals surface area contributed by atoms with Gasteiger partial charge in [0.25, 0.3) is 0 Å². The number of aryl methyl sites for hydroxylation is 1. The van der Waals surface area contributed by atoms with Crippen molar-refractivity contribution in [3.8, 4) is 0 Å². The van der Waals surface area contributed by atoms with Crippen LogP contribution in [0.2, 0.25) is 0 Å². The fourth-order valence-corrected chi connectivity index (χ4v) is 4.04. The van der Waals surface area contributed by atoms with Crippen LogP contribution in [0.3, 0.4) is 0 Å². The lowest BCUT2D eigenvalue weighted by Gasteiger charge is -2.31. The standard InChI is InChI=1S/C18H28N2/c1-14(15-8-4-2-3-5-9-15)20-17-12-6-10-16-11-7-13-19-18(16)17/h7,11,13-15,17,20H,2-6,8-10,12H2,1H3/t14-,17?/m0/s1. The van der Waals surface area contributed by atoms with Gasteiger partial charge in [-0.25, -0.2) is 0 Å². The van der Waals surface area contributed by atoms with Crippen LogP contribution in [0.5, 0.6) is 0 Å². The van der Waals surface area contributed by atoms with Crippen LogP contribution in [0.4, 0.5) is 0 Å². The summed E-state index contributed by atoms with van der Waals surface area (Å²) in [6.07, 6.45) is 14.3. The predicted molar refractivity (Wildman–Crippen MR) is 83.7 cm³/mol. The van der Waals surface area contributed by atoms with Crippen LogP contribution in [-0.2, 0) is 6.42 Å². The second kappa shape index (κ2) is 6.71. The first kappa shape index (κ1) is 14.1. The van der Waals surface area contributed by atoms with Gasteiger partial charge in [0.1, 0.15) is 0 Å². The van der Waals surface area contributed by atoms with Crippen LogP contribution in [0.15, 0.2) is 18.3 Å². The number of rotatable bonds is 3. The Hall–Kier alpha value is -0.890. The van der Waals surface area contributed by atoms with Gasteiger partial charge in [-0.2, -0.15) is 0 Å². The third-order valence-electron chi connectivity index (χ3n) is 5.27. The molecule has 1 fully saturated rings. The average molecular weight is 272 g/mol. The number of aromatic nitrogens is 1. The topological polar surface area (TPSA) is 24.9 Å². The minimum Gasteiger partial charge on any atom is -0.306 e. The molecule has 1 unspecified atom stereocenters. The predicted octanol–water partition coefficient (Wildman–Crippen LogP) is 4.41. The monoisotopic (exact) mass is 272 g/mol. The Kier molecular flexibility index (Phi) is 4.72. The maximum atomic E-state index is 4.65. The number of hydrogen-bond donors (Lipinski definition) is 1. The highest BCUT2D eigenvalue weighted by atomic mass is 15.0. The first-order chi connectivity index (χ1) is 9.84. The summed E-state index contributed by atoms with van der Waals surface area (Å²) in [6, 6.07) is 5.45. The molecule has 1 aromatic heterocycles. The minimum absolute atomic E-state index is 0.484. The second-order valence-corrected chi connectivity index (χ2v) is 6.70. The molecule has 1 aromatic rings. The Bertz CT molecular complexity index is 421. The van der Waals surface area contributed by atoms with E-state index in [1.165, 1.54) is 69.0 Å². The largest absolute Gasteiger partial charge is 0.306 e. The third-order valence-corrected chi connectivity index (χ3v) is 5.27. The van der Waals surface area contributed by atoms with Gasteiger partial charge in [0.05, 0.1) is 5.69 Å². The van der Waals surface area contributed by atoms with Crippen LogP contribution >= 0.6 is 0 Å². The van der Waals surface area contributed by atoms with Crippen LogP contribution in [0, 0.1) is 5.92 Å². The summed E-state index contributed by atoms with van der Waals surface area (Å²) in [6.45, 7) is 2.40. The van der Waals surface area contributed by atoms with Crippen molar-refractivity contribution in [2.45, 2.75) is 76.8 Å². The van der Waals surface area contributed by atoms with Crippen molar-refractivity contribution < 1.29 is 0 Å². The van der Waals surface area contributed by atoms with E-state index in [9.17, 15) is 0 Å². The molecule has 1 heterocycles. The quantitative estimate of drug-likeness (QED) is 0.825. The summed E-state index contributed by atoms with van der Waals surface area (Å²) in [5, 5.41) is 3.91. The maximum Gasteiger partial charge on any atom is 0.0605 e. The van der Waals surface area contributed by atoms with Gasteiger partial charge in [-0.3, -0.25) is 4.98 Å². The molecule has 0 amide bonds. The molecule has 0 aromatic carbocycles. The van der Waals surface area contributed by atoms with E-state index < -0.39 is 0 Å². The molecule has 110 valence electrons. The normalized spacial score (nSPS) is 25.8. The fourth-order valence-electron chi connectivity index (χ4n) is 4.04. The highest BCUT2D eigenvalue weighted by Gasteiger charge is 2.26. The molecule has 2 atom stereocenters. The summed E-state index contributed by atoms with van der Waals surface area (Å²) in [7, 11) is 0. The zero-order valence-electron chi connectivity index (χ0n) is 12.8. The van der Waals surface area contributed by atoms with Gasteiger partial charge in [-0.05, 0) is 56.6 Å². The zero-order valence-corrected chi connectivity index (χ0v) is 12.8. The van der Waals surface area contributed by atoms with Crippen molar-refractivity contribution >= 4 is 0 Å². The van der Waals surface area contributed by atoms with E-state index in [0.717, 1.165) is 5.92 Å². The summed E-state index contributed by atoms with van der Waals surface area (Å²) in [4.78, 5) is 4.65. The molecular weight excluding hydrogens is 244 g/mol. The van der Waals surface area contributed by atoms with Crippen molar-refractivity contribution in [3.05, 3.63) is 29.6 Å². The number of hydrogen-bond acceptors (Lipinski definition) is 2. The number of nitrogens with one attached hydrogen (secondary N) is 1. The molecule has 0 radical (unpaired) electrons. The van der Waals surface area contributed by atoms with Gasteiger partial charge in [-0.15, -0.1) is 0 Å². The van der Waals surface area contributed by atoms with E-state index in [2.05, 4.69) is 29.4 Å². The summed E-state index contributed by atoms with van der Waals surface area (Å²) < 4.78 is 0. The molecule has 2 nitrogen and oxygen atoms in total. The van der Waals surface area contributed by atoms with Crippen molar-refractivity contribution in [1.29, 1.82) is 0 Å². The van der Waals surface area contributed by atoms with Crippen LogP contribution in [-0.4, -0.2) is 11.0 Å². The van der Waals surface area contributed by atoms with Gasteiger partial charge in [0.2, 0.25) is 0 Å². The molecule has 0 aliphatic heterocycles. The molecule has 0 saturated heterocycles. The molecule has 1 N–H and O–H groups in total. The Balaban J connectivity index is 1.65. The number of nitrogens with zero attached hydrogens (tertiary/aromatic N) is 1. The highest BCUT2D eigenvalue weighted by Crippen LogP contribution is 2.31. The zero-order chi connectivity index (χ0) is 13.8. The summed E-state index contributed by atoms with van der Waals surface area (Å²) in [5.74, 6) is 0.867. The van der Waals surface area contributed by atoms with Crippen molar-refractivity contribution in [2.75, 3.05) is 0 Å². The van der Waals surface area contributed by atoms with Gasteiger partial charge in [-0.1, -0.05) is 31.7 Å². The highest BCUT2D eigenvalue weighted by molar-refractivity contribution is 5.25. The molecule has 0 bridgehead atoms. The first-order valence-corrected chi connectivity index (χ1v) is 8.54. The van der Waals surface area contributed by atoms with Crippen LogP contribution < -0.4 is 5.32 Å². The van der Waals surface area contributed by atoms with Gasteiger partial charge >= 0.3 is 0 Å². The summed E-state index contributed by atoms with van der Waals surface area (Å²) in [5.41, 5.74) is 2.78. The lowest BCUT2D eigenvalue weighted by molar-refractivity contribution is 0.294. The van der Waals surface area contributed by atoms with E-state index in [4.69, 9.17) is 0 Å². The Labute approximate surface area is 123 Å². The van der Waals surface area contributed by atoms with Crippen molar-refractivity contribution in [1.82, 2.24) is 10.3 Å². The smallest absolute Gasteiger partial charge is 0.0605 e. The third kappa shape index (κ3) is 3.22. The SMILES string of the molecule is C[C@H](NC1CCCc2cccnc21)C1CCCCCC1. The Morgan fingerprint density at radius 1 is 1.10 bits per heavy atom. The lowest BCUT2D eigenvalue weighted by Crippen LogP contribution is -2.38. The molecular formula is C18H28N2. The maximum absolute atomic E-state index is 4.65. The fraction of sp³-hybridized carbons (Fsp3) is 0.722. The van der Waals surface area contributed by atoms with E-state index in [1.54, 1.807) is 0 Å². The van der Waals surface area contributed by atoms with Gasteiger partial charge in [0, 0.05) is 18.3 Å². The van der Waals surface area contributed by atoms with Gasteiger partial charge in [0.15, 0.2) is 0 Å².